The number of ether oxygens (including phenoxy) is 1. The molecule has 2 aromatic heterocycles. The van der Waals surface area contributed by atoms with Crippen LogP contribution in [-0.4, -0.2) is 62.0 Å². The molecule has 1 N–H and O–H groups in total. The van der Waals surface area contributed by atoms with Crippen LogP contribution in [0.15, 0.2) is 42.7 Å². The molecule has 0 aliphatic heterocycles. The summed E-state index contributed by atoms with van der Waals surface area (Å²) in [5.41, 5.74) is 2.97. The Morgan fingerprint density at radius 2 is 2.06 bits per heavy atom. The molecule has 2 heterocycles. The van der Waals surface area contributed by atoms with Crippen LogP contribution in [-0.2, 0) is 0 Å². The first-order chi connectivity index (χ1) is 15.0. The first kappa shape index (κ1) is 21.0. The fourth-order valence-corrected chi connectivity index (χ4v) is 3.75. The summed E-state index contributed by atoms with van der Waals surface area (Å²) in [5, 5.41) is 13.9. The highest BCUT2D eigenvalue weighted by atomic mass is 16.5. The summed E-state index contributed by atoms with van der Waals surface area (Å²) in [7, 11) is 1.63. The Kier molecular flexibility index (Phi) is 5.99. The second-order valence-electron chi connectivity index (χ2n) is 7.89. The first-order valence-electron chi connectivity index (χ1n) is 10.5. The van der Waals surface area contributed by atoms with E-state index in [0.717, 1.165) is 35.5 Å². The van der Waals surface area contributed by atoms with Gasteiger partial charge in [-0.15, -0.1) is 0 Å². The van der Waals surface area contributed by atoms with Crippen molar-refractivity contribution >= 4 is 5.91 Å². The van der Waals surface area contributed by atoms with Gasteiger partial charge in [0.05, 0.1) is 36.9 Å². The highest BCUT2D eigenvalue weighted by Gasteiger charge is 2.35. The lowest BCUT2D eigenvalue weighted by Crippen LogP contribution is -2.39. The van der Waals surface area contributed by atoms with Crippen molar-refractivity contribution in [2.24, 2.45) is 0 Å². The lowest BCUT2D eigenvalue weighted by Gasteiger charge is -2.26. The van der Waals surface area contributed by atoms with Gasteiger partial charge in [-0.05, 0) is 44.9 Å². The second-order valence-corrected chi connectivity index (χ2v) is 7.89. The maximum atomic E-state index is 13.3. The molecule has 162 valence electrons. The molecule has 8 heteroatoms. The molecular weight excluding hydrogens is 394 g/mol. The predicted molar refractivity (Wildman–Crippen MR) is 116 cm³/mol. The lowest BCUT2D eigenvalue weighted by atomic mass is 10.1. The molecule has 0 radical (unpaired) electrons. The summed E-state index contributed by atoms with van der Waals surface area (Å²) >= 11 is 0. The van der Waals surface area contributed by atoms with Gasteiger partial charge in [-0.2, -0.15) is 5.10 Å². The molecular formula is C23H27N5O3. The number of hydrogen-bond donors (Lipinski definition) is 1. The van der Waals surface area contributed by atoms with E-state index in [2.05, 4.69) is 10.1 Å². The van der Waals surface area contributed by atoms with Gasteiger partial charge < -0.3 is 14.7 Å². The molecule has 3 aromatic rings. The number of aliphatic hydroxyl groups excluding tert-OH is 1. The molecule has 0 unspecified atom stereocenters. The van der Waals surface area contributed by atoms with E-state index >= 15 is 0 Å². The molecule has 1 aliphatic rings. The third-order valence-corrected chi connectivity index (χ3v) is 5.44. The van der Waals surface area contributed by atoms with Crippen molar-refractivity contribution in [1.82, 2.24) is 24.6 Å². The highest BCUT2D eigenvalue weighted by molar-refractivity contribution is 5.95. The Bertz CT molecular complexity index is 1070. The van der Waals surface area contributed by atoms with Crippen molar-refractivity contribution in [2.75, 3.05) is 20.3 Å². The van der Waals surface area contributed by atoms with E-state index in [1.165, 1.54) is 0 Å². The van der Waals surface area contributed by atoms with Gasteiger partial charge in [0.25, 0.3) is 11.9 Å². The van der Waals surface area contributed by atoms with Crippen LogP contribution in [0.5, 0.6) is 5.75 Å². The van der Waals surface area contributed by atoms with E-state index in [1.54, 1.807) is 29.1 Å². The average molecular weight is 422 g/mol. The third kappa shape index (κ3) is 4.16. The fourth-order valence-electron chi connectivity index (χ4n) is 3.75. The van der Waals surface area contributed by atoms with Gasteiger partial charge in [0.1, 0.15) is 5.75 Å². The van der Waals surface area contributed by atoms with Crippen molar-refractivity contribution in [3.8, 4) is 23.0 Å². The van der Waals surface area contributed by atoms with E-state index in [-0.39, 0.29) is 31.0 Å². The number of aromatic nitrogens is 4. The van der Waals surface area contributed by atoms with Crippen LogP contribution in [0.3, 0.4) is 0 Å². The Hall–Kier alpha value is -3.26. The van der Waals surface area contributed by atoms with Gasteiger partial charge in [-0.3, -0.25) is 4.79 Å². The highest BCUT2D eigenvalue weighted by Crippen LogP contribution is 2.42. The summed E-state index contributed by atoms with van der Waals surface area (Å²) in [6.45, 7) is 4.08. The minimum Gasteiger partial charge on any atom is -0.496 e. The molecule has 0 spiro atoms. The number of amides is 1. The quantitative estimate of drug-likeness (QED) is 0.601. The van der Waals surface area contributed by atoms with Gasteiger partial charge in [-0.1, -0.05) is 12.1 Å². The van der Waals surface area contributed by atoms with E-state index in [0.29, 0.717) is 11.5 Å². The summed E-state index contributed by atoms with van der Waals surface area (Å²) in [4.78, 5) is 24.1. The second kappa shape index (κ2) is 8.85. The Labute approximate surface area is 181 Å². The fraction of sp³-hybridized carbons (Fsp3) is 0.391. The van der Waals surface area contributed by atoms with Crippen molar-refractivity contribution in [1.29, 1.82) is 0 Å². The molecule has 0 bridgehead atoms. The molecule has 1 aromatic carbocycles. The normalized spacial score (nSPS) is 13.5. The molecule has 0 saturated heterocycles. The number of hydrogen-bond acceptors (Lipinski definition) is 6. The largest absolute Gasteiger partial charge is 0.496 e. The lowest BCUT2D eigenvalue weighted by molar-refractivity contribution is 0.0664. The SMILES string of the molecule is COc1ccccc1-c1ccnc(-n2ncc(C(=O)N(CCO)C(C)C)c2C2CC2)n1. The number of benzene rings is 1. The minimum absolute atomic E-state index is 0.0276. The summed E-state index contributed by atoms with van der Waals surface area (Å²) in [6, 6.07) is 9.48. The third-order valence-electron chi connectivity index (χ3n) is 5.44. The van der Waals surface area contributed by atoms with Crippen molar-refractivity contribution in [2.45, 2.75) is 38.6 Å². The van der Waals surface area contributed by atoms with Gasteiger partial charge >= 0.3 is 0 Å². The zero-order valence-corrected chi connectivity index (χ0v) is 18.0. The Morgan fingerprint density at radius 3 is 2.74 bits per heavy atom. The Balaban J connectivity index is 1.76. The average Bonchev–Trinajstić information content (AvgIpc) is 3.54. The standard InChI is InChI=1S/C23H27N5O3/c1-15(2)27(12-13-29)22(30)18-14-25-28(21(18)16-8-9-16)23-24-11-10-19(26-23)17-6-4-5-7-20(17)31-3/h4-7,10-11,14-16,29H,8-9,12-13H2,1-3H3. The van der Waals surface area contributed by atoms with E-state index in [1.807, 2.05) is 44.2 Å². The predicted octanol–water partition coefficient (Wildman–Crippen LogP) is 3.06. The van der Waals surface area contributed by atoms with Crippen molar-refractivity contribution in [3.63, 3.8) is 0 Å². The van der Waals surface area contributed by atoms with E-state index in [9.17, 15) is 9.90 Å². The van der Waals surface area contributed by atoms with Crippen LogP contribution in [0.2, 0.25) is 0 Å². The maximum Gasteiger partial charge on any atom is 0.257 e. The first-order valence-corrected chi connectivity index (χ1v) is 10.5. The molecule has 0 atom stereocenters. The van der Waals surface area contributed by atoms with Crippen LogP contribution in [0, 0.1) is 0 Å². The van der Waals surface area contributed by atoms with Crippen LogP contribution in [0.4, 0.5) is 0 Å². The van der Waals surface area contributed by atoms with Gasteiger partial charge in [0, 0.05) is 30.3 Å². The van der Waals surface area contributed by atoms with E-state index in [4.69, 9.17) is 9.72 Å². The van der Waals surface area contributed by atoms with Gasteiger partial charge in [0.2, 0.25) is 0 Å². The van der Waals surface area contributed by atoms with Crippen LogP contribution in [0.25, 0.3) is 17.2 Å². The van der Waals surface area contributed by atoms with Crippen molar-refractivity contribution in [3.05, 3.63) is 54.0 Å². The summed E-state index contributed by atoms with van der Waals surface area (Å²) in [6.07, 6.45) is 5.29. The summed E-state index contributed by atoms with van der Waals surface area (Å²) in [5.74, 6) is 1.27. The van der Waals surface area contributed by atoms with Crippen molar-refractivity contribution < 1.29 is 14.6 Å². The van der Waals surface area contributed by atoms with Gasteiger partial charge in [-0.25, -0.2) is 14.6 Å². The number of rotatable bonds is 8. The molecule has 1 fully saturated rings. The Morgan fingerprint density at radius 1 is 1.29 bits per heavy atom. The monoisotopic (exact) mass is 421 g/mol. The number of carbonyl (C=O) groups is 1. The van der Waals surface area contributed by atoms with E-state index < -0.39 is 0 Å². The maximum absolute atomic E-state index is 13.3. The smallest absolute Gasteiger partial charge is 0.257 e. The molecule has 1 saturated carbocycles. The molecule has 4 rings (SSSR count). The number of aliphatic hydroxyl groups is 1. The zero-order chi connectivity index (χ0) is 22.0. The number of para-hydroxylation sites is 1. The zero-order valence-electron chi connectivity index (χ0n) is 18.0. The molecule has 1 amide bonds. The molecule has 31 heavy (non-hydrogen) atoms. The molecule has 1 aliphatic carbocycles. The number of methoxy groups -OCH3 is 1. The van der Waals surface area contributed by atoms with Crippen LogP contribution >= 0.6 is 0 Å². The topological polar surface area (TPSA) is 93.4 Å². The minimum atomic E-state index is -0.127. The van der Waals surface area contributed by atoms with Crippen LogP contribution < -0.4 is 4.74 Å². The number of carbonyl (C=O) groups excluding carboxylic acids is 1. The van der Waals surface area contributed by atoms with Crippen LogP contribution in [0.1, 0.15) is 48.7 Å². The number of nitrogens with zero attached hydrogens (tertiary/aromatic N) is 5. The van der Waals surface area contributed by atoms with Gasteiger partial charge in [0.15, 0.2) is 0 Å². The summed E-state index contributed by atoms with van der Waals surface area (Å²) < 4.78 is 7.15. The molecule has 8 nitrogen and oxygen atoms in total.